The van der Waals surface area contributed by atoms with E-state index >= 15 is 0 Å². The number of sulfone groups is 1. The summed E-state index contributed by atoms with van der Waals surface area (Å²) < 4.78 is 25.5. The van der Waals surface area contributed by atoms with Crippen molar-refractivity contribution in [1.29, 1.82) is 0 Å². The Morgan fingerprint density at radius 1 is 1.24 bits per heavy atom. The number of benzene rings is 1. The van der Waals surface area contributed by atoms with E-state index in [-0.39, 0.29) is 24.0 Å². The van der Waals surface area contributed by atoms with Gasteiger partial charge in [0.25, 0.3) is 0 Å². The summed E-state index contributed by atoms with van der Waals surface area (Å²) in [7, 11) is -3.47. The maximum atomic E-state index is 12.8. The molecule has 5 nitrogen and oxygen atoms in total. The number of rotatable bonds is 6. The normalized spacial score (nSPS) is 27.9. The molecule has 4 atom stereocenters. The zero-order valence-electron chi connectivity index (χ0n) is 19.3. The van der Waals surface area contributed by atoms with Crippen molar-refractivity contribution in [3.63, 3.8) is 0 Å². The molecule has 180 valence electrons. The van der Waals surface area contributed by atoms with E-state index < -0.39 is 15.8 Å². The maximum Gasteiger partial charge on any atom is 0.303 e. The number of aliphatic carboxylic acids is 1. The molecule has 34 heavy (non-hydrogen) atoms. The van der Waals surface area contributed by atoms with Crippen LogP contribution in [0.1, 0.15) is 68.1 Å². The van der Waals surface area contributed by atoms with Gasteiger partial charge in [-0.05, 0) is 102 Å². The SMILES string of the molecule is C[C@]12CCC3c4ccc(S(=O)(=O)CCCC(=O)O)cc4CCC3C1CC=C2c1cncc(Cl)c1. The van der Waals surface area contributed by atoms with E-state index in [1.807, 2.05) is 24.4 Å². The maximum absolute atomic E-state index is 12.8. The van der Waals surface area contributed by atoms with Gasteiger partial charge >= 0.3 is 5.97 Å². The lowest BCUT2D eigenvalue weighted by molar-refractivity contribution is -0.137. The van der Waals surface area contributed by atoms with Crippen LogP contribution in [0.3, 0.4) is 0 Å². The summed E-state index contributed by atoms with van der Waals surface area (Å²) in [5.41, 5.74) is 5.07. The number of fused-ring (bicyclic) bond motifs is 5. The Morgan fingerprint density at radius 3 is 2.82 bits per heavy atom. The minimum Gasteiger partial charge on any atom is -0.481 e. The van der Waals surface area contributed by atoms with Gasteiger partial charge < -0.3 is 5.11 Å². The average Bonchev–Trinajstić information content (AvgIpc) is 3.15. The van der Waals surface area contributed by atoms with Gasteiger partial charge in [0, 0.05) is 18.8 Å². The molecular weight excluding hydrogens is 470 g/mol. The largest absolute Gasteiger partial charge is 0.481 e. The molecule has 3 aliphatic rings. The molecule has 5 rings (SSSR count). The molecule has 3 aliphatic carbocycles. The van der Waals surface area contributed by atoms with Crippen LogP contribution in [0.2, 0.25) is 5.02 Å². The molecule has 0 spiro atoms. The van der Waals surface area contributed by atoms with Crippen LogP contribution in [-0.2, 0) is 21.1 Å². The summed E-state index contributed by atoms with van der Waals surface area (Å²) in [6.07, 6.45) is 11.2. The lowest BCUT2D eigenvalue weighted by Gasteiger charge is -2.50. The third-order valence-corrected chi connectivity index (χ3v) is 10.5. The molecule has 1 N–H and O–H groups in total. The molecular formula is C27H30ClNO4S. The van der Waals surface area contributed by atoms with Gasteiger partial charge in [-0.2, -0.15) is 0 Å². The third kappa shape index (κ3) is 4.09. The highest BCUT2D eigenvalue weighted by atomic mass is 35.5. The Bertz CT molecular complexity index is 1270. The van der Waals surface area contributed by atoms with Crippen molar-refractivity contribution in [3.05, 3.63) is 64.4 Å². The first-order valence-electron chi connectivity index (χ1n) is 12.1. The molecule has 0 amide bonds. The number of aromatic nitrogens is 1. The molecule has 1 aromatic heterocycles. The highest BCUT2D eigenvalue weighted by molar-refractivity contribution is 7.91. The molecule has 1 aromatic carbocycles. The van der Waals surface area contributed by atoms with Crippen LogP contribution in [0.25, 0.3) is 5.57 Å². The van der Waals surface area contributed by atoms with Gasteiger partial charge in [-0.1, -0.05) is 30.7 Å². The van der Waals surface area contributed by atoms with Crippen molar-refractivity contribution in [2.45, 2.75) is 62.7 Å². The number of nitrogens with zero attached hydrogens (tertiary/aromatic N) is 1. The quantitative estimate of drug-likeness (QED) is 0.533. The highest BCUT2D eigenvalue weighted by Gasteiger charge is 2.52. The number of halogens is 1. The zero-order valence-corrected chi connectivity index (χ0v) is 20.9. The van der Waals surface area contributed by atoms with Crippen molar-refractivity contribution in [2.24, 2.45) is 17.3 Å². The highest BCUT2D eigenvalue weighted by Crippen LogP contribution is 2.63. The van der Waals surface area contributed by atoms with Gasteiger partial charge in [-0.15, -0.1) is 0 Å². The monoisotopic (exact) mass is 499 g/mol. The smallest absolute Gasteiger partial charge is 0.303 e. The minimum absolute atomic E-state index is 0.110. The number of allylic oxidation sites excluding steroid dienone is 2. The van der Waals surface area contributed by atoms with E-state index in [2.05, 4.69) is 18.0 Å². The van der Waals surface area contributed by atoms with E-state index in [9.17, 15) is 13.2 Å². The van der Waals surface area contributed by atoms with Gasteiger partial charge in [0.05, 0.1) is 15.7 Å². The lowest BCUT2D eigenvalue weighted by atomic mass is 9.54. The van der Waals surface area contributed by atoms with Crippen LogP contribution in [-0.4, -0.2) is 30.2 Å². The number of hydrogen-bond acceptors (Lipinski definition) is 4. The molecule has 1 saturated carbocycles. The van der Waals surface area contributed by atoms with Crippen molar-refractivity contribution < 1.29 is 18.3 Å². The molecule has 0 aliphatic heterocycles. The first-order valence-corrected chi connectivity index (χ1v) is 14.1. The second kappa shape index (κ2) is 8.80. The molecule has 1 fully saturated rings. The van der Waals surface area contributed by atoms with E-state index in [4.69, 9.17) is 16.7 Å². The first kappa shape index (κ1) is 23.6. The molecule has 3 unspecified atom stereocenters. The van der Waals surface area contributed by atoms with Crippen LogP contribution >= 0.6 is 11.6 Å². The summed E-state index contributed by atoms with van der Waals surface area (Å²) in [6, 6.07) is 7.64. The summed E-state index contributed by atoms with van der Waals surface area (Å²) in [5, 5.41) is 9.48. The average molecular weight is 500 g/mol. The minimum atomic E-state index is -3.47. The van der Waals surface area contributed by atoms with Gasteiger partial charge in [0.15, 0.2) is 9.84 Å². The van der Waals surface area contributed by atoms with Crippen molar-refractivity contribution in [1.82, 2.24) is 4.98 Å². The van der Waals surface area contributed by atoms with Crippen LogP contribution in [0.5, 0.6) is 0 Å². The van der Waals surface area contributed by atoms with Crippen LogP contribution in [0.15, 0.2) is 47.6 Å². The Morgan fingerprint density at radius 2 is 2.06 bits per heavy atom. The second-order valence-electron chi connectivity index (χ2n) is 10.3. The predicted molar refractivity (Wildman–Crippen MR) is 133 cm³/mol. The first-order chi connectivity index (χ1) is 16.2. The van der Waals surface area contributed by atoms with E-state index in [0.717, 1.165) is 43.2 Å². The molecule has 0 radical (unpaired) electrons. The number of carboxylic acids is 1. The van der Waals surface area contributed by atoms with Gasteiger partial charge in [0.2, 0.25) is 0 Å². The standard InChI is InChI=1S/C27H30ClNO4S/c1-27-11-10-22-21-7-5-20(34(32,33)12-2-3-26(30)31)14-17(21)4-6-23(22)25(27)9-8-24(27)18-13-19(28)16-29-15-18/h5,7-8,13-16,22-23,25H,2-4,6,9-12H2,1H3,(H,30,31)/t22?,23?,25?,27-/m1/s1. The topological polar surface area (TPSA) is 84.3 Å². The number of carboxylic acid groups (broad SMARTS) is 1. The van der Waals surface area contributed by atoms with Crippen LogP contribution < -0.4 is 0 Å². The van der Waals surface area contributed by atoms with Gasteiger partial charge in [-0.25, -0.2) is 8.42 Å². The van der Waals surface area contributed by atoms with E-state index in [0.29, 0.717) is 27.7 Å². The number of hydrogen-bond donors (Lipinski definition) is 1. The predicted octanol–water partition coefficient (Wildman–Crippen LogP) is 5.92. The van der Waals surface area contributed by atoms with Crippen LogP contribution in [0.4, 0.5) is 0 Å². The fourth-order valence-electron chi connectivity index (χ4n) is 6.86. The molecule has 7 heteroatoms. The van der Waals surface area contributed by atoms with Gasteiger partial charge in [-0.3, -0.25) is 9.78 Å². The van der Waals surface area contributed by atoms with E-state index in [1.54, 1.807) is 12.3 Å². The number of aryl methyl sites for hydroxylation is 1. The van der Waals surface area contributed by atoms with Crippen molar-refractivity contribution in [2.75, 3.05) is 5.75 Å². The number of pyridine rings is 1. The van der Waals surface area contributed by atoms with E-state index in [1.165, 1.54) is 11.1 Å². The molecule has 2 aromatic rings. The Labute approximate surface area is 206 Å². The fraction of sp³-hybridized carbons (Fsp3) is 0.481. The zero-order chi connectivity index (χ0) is 24.1. The molecule has 0 saturated heterocycles. The summed E-state index contributed by atoms with van der Waals surface area (Å²) >= 11 is 6.24. The third-order valence-electron chi connectivity index (χ3n) is 8.46. The molecule has 1 heterocycles. The summed E-state index contributed by atoms with van der Waals surface area (Å²) in [6.45, 7) is 2.40. The van der Waals surface area contributed by atoms with Crippen molar-refractivity contribution in [3.8, 4) is 0 Å². The summed E-state index contributed by atoms with van der Waals surface area (Å²) in [4.78, 5) is 15.4. The molecule has 0 bridgehead atoms. The Balaban J connectivity index is 1.37. The second-order valence-corrected chi connectivity index (χ2v) is 12.8. The Hall–Kier alpha value is -2.18. The number of carbonyl (C=O) groups is 1. The Kier molecular flexibility index (Phi) is 6.09. The van der Waals surface area contributed by atoms with Crippen molar-refractivity contribution >= 4 is 33.0 Å². The van der Waals surface area contributed by atoms with Gasteiger partial charge in [0.1, 0.15) is 0 Å². The lowest BCUT2D eigenvalue weighted by Crippen LogP contribution is -2.41. The van der Waals surface area contributed by atoms with Crippen LogP contribution in [0, 0.1) is 17.3 Å². The fourth-order valence-corrected chi connectivity index (χ4v) is 8.39. The summed E-state index contributed by atoms with van der Waals surface area (Å²) in [5.74, 6) is 0.498.